The lowest BCUT2D eigenvalue weighted by Crippen LogP contribution is -2.49. The zero-order valence-corrected chi connectivity index (χ0v) is 20.6. The maximum absolute atomic E-state index is 13.5. The molecule has 8 nitrogen and oxygen atoms in total. The molecule has 186 valence electrons. The molecule has 1 aliphatic rings. The normalized spacial score (nSPS) is 16.4. The minimum Gasteiger partial charge on any atom is -0.408 e. The third-order valence-corrected chi connectivity index (χ3v) is 8.13. The Kier molecular flexibility index (Phi) is 6.51. The maximum atomic E-state index is 13.5. The summed E-state index contributed by atoms with van der Waals surface area (Å²) in [6.45, 7) is 0. The van der Waals surface area contributed by atoms with E-state index in [0.717, 1.165) is 30.4 Å². The molecule has 36 heavy (non-hydrogen) atoms. The standard InChI is InChI=1S/C27H27N3O5S/c1-30-24-15-14-20(17-25(24)35-27(30)32)36(33,34)29-23(16-18-8-3-2-4-9-18)26(31)28-22-13-7-11-19-10-5-6-12-21(19)22/h2-6,8-10,12,14-15,17,22-23,29H,7,11,13,16H2,1H3,(H,28,31). The predicted molar refractivity (Wildman–Crippen MR) is 136 cm³/mol. The van der Waals surface area contributed by atoms with Crippen molar-refractivity contribution in [1.29, 1.82) is 0 Å². The number of carbonyl (C=O) groups is 1. The van der Waals surface area contributed by atoms with E-state index >= 15 is 0 Å². The van der Waals surface area contributed by atoms with Gasteiger partial charge >= 0.3 is 5.76 Å². The second-order valence-electron chi connectivity index (χ2n) is 9.07. The van der Waals surface area contributed by atoms with Crippen LogP contribution in [0.5, 0.6) is 0 Å². The molecule has 9 heteroatoms. The lowest BCUT2D eigenvalue weighted by atomic mass is 9.87. The molecule has 1 heterocycles. The van der Waals surface area contributed by atoms with Crippen molar-refractivity contribution >= 4 is 27.0 Å². The van der Waals surface area contributed by atoms with E-state index in [1.54, 1.807) is 7.05 Å². The summed E-state index contributed by atoms with van der Waals surface area (Å²) >= 11 is 0. The quantitative estimate of drug-likeness (QED) is 0.401. The molecule has 3 aromatic carbocycles. The van der Waals surface area contributed by atoms with Crippen molar-refractivity contribution in [3.8, 4) is 0 Å². The number of aryl methyl sites for hydroxylation is 2. The third-order valence-electron chi connectivity index (χ3n) is 6.66. The van der Waals surface area contributed by atoms with Crippen LogP contribution in [0.25, 0.3) is 11.1 Å². The highest BCUT2D eigenvalue weighted by Gasteiger charge is 2.30. The largest absolute Gasteiger partial charge is 0.419 e. The van der Waals surface area contributed by atoms with E-state index in [4.69, 9.17) is 4.42 Å². The summed E-state index contributed by atoms with van der Waals surface area (Å²) in [4.78, 5) is 25.2. The minimum atomic E-state index is -4.10. The van der Waals surface area contributed by atoms with Crippen molar-refractivity contribution < 1.29 is 17.6 Å². The van der Waals surface area contributed by atoms with Crippen LogP contribution in [-0.2, 0) is 34.7 Å². The summed E-state index contributed by atoms with van der Waals surface area (Å²) in [7, 11) is -2.56. The summed E-state index contributed by atoms with van der Waals surface area (Å²) in [6, 6.07) is 20.3. The fourth-order valence-electron chi connectivity index (χ4n) is 4.75. The molecule has 2 atom stereocenters. The molecule has 0 aliphatic heterocycles. The van der Waals surface area contributed by atoms with Crippen LogP contribution >= 0.6 is 0 Å². The second-order valence-corrected chi connectivity index (χ2v) is 10.8. The molecule has 1 amide bonds. The fourth-order valence-corrected chi connectivity index (χ4v) is 5.96. The summed E-state index contributed by atoms with van der Waals surface area (Å²) in [5, 5.41) is 3.08. The van der Waals surface area contributed by atoms with Gasteiger partial charge in [-0.05, 0) is 54.5 Å². The van der Waals surface area contributed by atoms with Gasteiger partial charge in [0.2, 0.25) is 15.9 Å². The molecule has 1 aromatic heterocycles. The first-order chi connectivity index (χ1) is 17.3. The van der Waals surface area contributed by atoms with E-state index in [2.05, 4.69) is 16.1 Å². The van der Waals surface area contributed by atoms with Crippen LogP contribution in [0.2, 0.25) is 0 Å². The van der Waals surface area contributed by atoms with Crippen LogP contribution < -0.4 is 15.8 Å². The van der Waals surface area contributed by atoms with Gasteiger partial charge < -0.3 is 9.73 Å². The van der Waals surface area contributed by atoms with Gasteiger partial charge in [-0.1, -0.05) is 54.6 Å². The Labute approximate surface area is 209 Å². The molecule has 0 fully saturated rings. The number of benzene rings is 3. The first-order valence-electron chi connectivity index (χ1n) is 11.9. The molecule has 2 unspecified atom stereocenters. The van der Waals surface area contributed by atoms with Gasteiger partial charge in [0.25, 0.3) is 0 Å². The number of oxazole rings is 1. The smallest absolute Gasteiger partial charge is 0.408 e. The molecule has 0 bridgehead atoms. The summed E-state index contributed by atoms with van der Waals surface area (Å²) in [5.74, 6) is -0.974. The predicted octanol–water partition coefficient (Wildman–Crippen LogP) is 3.21. The molecule has 0 radical (unpaired) electrons. The molecule has 1 aliphatic carbocycles. The molecule has 0 saturated heterocycles. The zero-order valence-electron chi connectivity index (χ0n) is 19.8. The minimum absolute atomic E-state index is 0.0850. The van der Waals surface area contributed by atoms with Crippen LogP contribution in [0.15, 0.2) is 86.9 Å². The molecule has 4 aromatic rings. The average Bonchev–Trinajstić information content (AvgIpc) is 3.17. The van der Waals surface area contributed by atoms with Crippen molar-refractivity contribution in [2.45, 2.75) is 42.7 Å². The Morgan fingerprint density at radius 3 is 2.64 bits per heavy atom. The van der Waals surface area contributed by atoms with Crippen LogP contribution in [-0.4, -0.2) is 24.9 Å². The fraction of sp³-hybridized carbons (Fsp3) is 0.259. The van der Waals surface area contributed by atoms with E-state index < -0.39 is 27.7 Å². The SMILES string of the molecule is Cn1c(=O)oc2cc(S(=O)(=O)NC(Cc3ccccc3)C(=O)NC3CCCc4ccccc43)ccc21. The third kappa shape index (κ3) is 4.84. The van der Waals surface area contributed by atoms with Gasteiger partial charge in [-0.3, -0.25) is 9.36 Å². The highest BCUT2D eigenvalue weighted by molar-refractivity contribution is 7.89. The first-order valence-corrected chi connectivity index (χ1v) is 13.3. The average molecular weight is 506 g/mol. The Hall–Kier alpha value is -3.69. The van der Waals surface area contributed by atoms with Crippen LogP contribution in [0.4, 0.5) is 0 Å². The van der Waals surface area contributed by atoms with Crippen LogP contribution in [0.1, 0.15) is 35.6 Å². The van der Waals surface area contributed by atoms with Gasteiger partial charge in [0.05, 0.1) is 16.5 Å². The number of rotatable bonds is 7. The molecule has 5 rings (SSSR count). The zero-order chi connectivity index (χ0) is 25.3. The van der Waals surface area contributed by atoms with E-state index in [1.165, 1.54) is 28.3 Å². The van der Waals surface area contributed by atoms with Gasteiger partial charge in [0.1, 0.15) is 6.04 Å². The van der Waals surface area contributed by atoms with Gasteiger partial charge in [-0.25, -0.2) is 13.2 Å². The Balaban J connectivity index is 1.43. The molecule has 0 saturated carbocycles. The van der Waals surface area contributed by atoms with Gasteiger partial charge in [0.15, 0.2) is 5.58 Å². The number of aromatic nitrogens is 1. The lowest BCUT2D eigenvalue weighted by molar-refractivity contribution is -0.123. The molecule has 2 N–H and O–H groups in total. The van der Waals surface area contributed by atoms with Crippen molar-refractivity contribution in [2.75, 3.05) is 0 Å². The van der Waals surface area contributed by atoms with Crippen molar-refractivity contribution in [2.24, 2.45) is 7.05 Å². The van der Waals surface area contributed by atoms with Crippen molar-refractivity contribution in [1.82, 2.24) is 14.6 Å². The number of hydrogen-bond donors (Lipinski definition) is 2. The van der Waals surface area contributed by atoms with Gasteiger partial charge in [-0.15, -0.1) is 0 Å². The maximum Gasteiger partial charge on any atom is 0.419 e. The summed E-state index contributed by atoms with van der Waals surface area (Å²) in [5.41, 5.74) is 3.74. The number of nitrogens with zero attached hydrogens (tertiary/aromatic N) is 1. The van der Waals surface area contributed by atoms with Crippen LogP contribution in [0, 0.1) is 0 Å². The van der Waals surface area contributed by atoms with E-state index in [1.807, 2.05) is 48.5 Å². The molecule has 0 spiro atoms. The highest BCUT2D eigenvalue weighted by Crippen LogP contribution is 2.29. The van der Waals surface area contributed by atoms with Gasteiger partial charge in [0, 0.05) is 13.1 Å². The number of carbonyl (C=O) groups excluding carboxylic acids is 1. The van der Waals surface area contributed by atoms with Crippen LogP contribution in [0.3, 0.4) is 0 Å². The lowest BCUT2D eigenvalue weighted by Gasteiger charge is -2.28. The summed E-state index contributed by atoms with van der Waals surface area (Å²) < 4.78 is 35.7. The Morgan fingerprint density at radius 1 is 1.08 bits per heavy atom. The van der Waals surface area contributed by atoms with Crippen molar-refractivity contribution in [3.05, 3.63) is 100 Å². The number of amides is 1. The Bertz CT molecular complexity index is 1570. The molecular weight excluding hydrogens is 478 g/mol. The monoisotopic (exact) mass is 505 g/mol. The van der Waals surface area contributed by atoms with Gasteiger partial charge in [-0.2, -0.15) is 4.72 Å². The van der Waals surface area contributed by atoms with E-state index in [-0.39, 0.29) is 22.9 Å². The number of hydrogen-bond acceptors (Lipinski definition) is 5. The van der Waals surface area contributed by atoms with E-state index in [9.17, 15) is 18.0 Å². The highest BCUT2D eigenvalue weighted by atomic mass is 32.2. The summed E-state index contributed by atoms with van der Waals surface area (Å²) in [6.07, 6.45) is 2.88. The van der Waals surface area contributed by atoms with Crippen molar-refractivity contribution in [3.63, 3.8) is 0 Å². The Morgan fingerprint density at radius 2 is 1.83 bits per heavy atom. The topological polar surface area (TPSA) is 110 Å². The number of nitrogens with one attached hydrogen (secondary N) is 2. The van der Waals surface area contributed by atoms with E-state index in [0.29, 0.717) is 5.52 Å². The number of fused-ring (bicyclic) bond motifs is 2. The molecular formula is C27H27N3O5S. The first kappa shape index (κ1) is 24.0. The number of sulfonamides is 1. The second kappa shape index (κ2) is 9.75.